The zero-order chi connectivity index (χ0) is 23.4. The third-order valence-corrected chi connectivity index (χ3v) is 5.18. The van der Waals surface area contributed by atoms with Crippen LogP contribution in [0, 0.1) is 0 Å². The highest BCUT2D eigenvalue weighted by Crippen LogP contribution is 2.36. The predicted octanol–water partition coefficient (Wildman–Crippen LogP) is 4.12. The van der Waals surface area contributed by atoms with Crippen molar-refractivity contribution in [2.75, 3.05) is 20.3 Å². The van der Waals surface area contributed by atoms with Gasteiger partial charge in [0.2, 0.25) is 5.91 Å². The molecule has 0 radical (unpaired) electrons. The van der Waals surface area contributed by atoms with Crippen LogP contribution in [0.15, 0.2) is 60.8 Å². The Morgan fingerprint density at radius 1 is 1.06 bits per heavy atom. The summed E-state index contributed by atoms with van der Waals surface area (Å²) in [7, 11) is 1.60. The van der Waals surface area contributed by atoms with Gasteiger partial charge in [-0.1, -0.05) is 12.1 Å². The zero-order valence-electron chi connectivity index (χ0n) is 18.2. The van der Waals surface area contributed by atoms with Gasteiger partial charge in [0.05, 0.1) is 24.9 Å². The maximum atomic E-state index is 11.2. The first-order chi connectivity index (χ1) is 16.0. The number of benzene rings is 2. The Hall–Kier alpha value is -4.33. The maximum absolute atomic E-state index is 11.2. The molecule has 0 atom stereocenters. The molecule has 2 aromatic carbocycles. The number of ether oxygens (including phenoxy) is 2. The number of hydrogen-bond acceptors (Lipinski definition) is 5. The summed E-state index contributed by atoms with van der Waals surface area (Å²) >= 11 is 0. The number of aromatic nitrogens is 2. The molecule has 0 aliphatic carbocycles. The van der Waals surface area contributed by atoms with Crippen LogP contribution in [0.2, 0.25) is 0 Å². The topological polar surface area (TPSA) is 114 Å². The van der Waals surface area contributed by atoms with Crippen LogP contribution in [0.5, 0.6) is 11.5 Å². The smallest absolute Gasteiger partial charge is 0.335 e. The number of fused-ring (bicyclic) bond motifs is 1. The highest BCUT2D eigenvalue weighted by Gasteiger charge is 2.14. The molecular formula is C25H23N3O5. The summed E-state index contributed by atoms with van der Waals surface area (Å²) in [5, 5.41) is 12.8. The van der Waals surface area contributed by atoms with Crippen LogP contribution in [0.25, 0.3) is 33.4 Å². The van der Waals surface area contributed by atoms with Crippen molar-refractivity contribution in [3.8, 4) is 33.9 Å². The van der Waals surface area contributed by atoms with E-state index in [0.717, 1.165) is 27.8 Å². The van der Waals surface area contributed by atoms with E-state index >= 15 is 0 Å². The number of aromatic carboxylic acids is 1. The van der Waals surface area contributed by atoms with Crippen molar-refractivity contribution in [2.24, 2.45) is 0 Å². The molecule has 0 fully saturated rings. The summed E-state index contributed by atoms with van der Waals surface area (Å²) < 4.78 is 11.3. The molecule has 0 saturated heterocycles. The number of nitrogens with zero attached hydrogens (tertiary/aromatic N) is 1. The first-order valence-corrected chi connectivity index (χ1v) is 10.3. The average Bonchev–Trinajstić information content (AvgIpc) is 3.26. The Labute approximate surface area is 190 Å². The summed E-state index contributed by atoms with van der Waals surface area (Å²) in [5.41, 5.74) is 4.36. The number of pyridine rings is 1. The second-order valence-electron chi connectivity index (χ2n) is 7.38. The van der Waals surface area contributed by atoms with Gasteiger partial charge in [-0.05, 0) is 53.6 Å². The van der Waals surface area contributed by atoms with Crippen LogP contribution in [0.3, 0.4) is 0 Å². The van der Waals surface area contributed by atoms with Crippen molar-refractivity contribution >= 4 is 22.9 Å². The molecule has 33 heavy (non-hydrogen) atoms. The Balaban J connectivity index is 1.68. The number of aromatic amines is 1. The molecule has 8 nitrogen and oxygen atoms in total. The largest absolute Gasteiger partial charge is 0.496 e. The molecule has 4 aromatic rings. The van der Waals surface area contributed by atoms with E-state index in [0.29, 0.717) is 30.3 Å². The van der Waals surface area contributed by atoms with Crippen molar-refractivity contribution in [1.29, 1.82) is 0 Å². The van der Waals surface area contributed by atoms with Gasteiger partial charge in [-0.25, -0.2) is 9.78 Å². The van der Waals surface area contributed by atoms with Gasteiger partial charge in [-0.15, -0.1) is 0 Å². The lowest BCUT2D eigenvalue weighted by atomic mass is 10.0. The molecule has 168 valence electrons. The van der Waals surface area contributed by atoms with Crippen molar-refractivity contribution in [1.82, 2.24) is 15.3 Å². The van der Waals surface area contributed by atoms with Crippen LogP contribution >= 0.6 is 0 Å². The molecule has 8 heteroatoms. The first kappa shape index (κ1) is 21.9. The Morgan fingerprint density at radius 3 is 2.55 bits per heavy atom. The summed E-state index contributed by atoms with van der Waals surface area (Å²) in [6.07, 6.45) is 1.71. The van der Waals surface area contributed by atoms with Crippen LogP contribution in [0.4, 0.5) is 0 Å². The molecule has 0 aliphatic heterocycles. The maximum Gasteiger partial charge on any atom is 0.335 e. The number of carboxylic acids is 1. The van der Waals surface area contributed by atoms with E-state index in [1.165, 1.54) is 6.92 Å². The van der Waals surface area contributed by atoms with Crippen molar-refractivity contribution in [2.45, 2.75) is 6.92 Å². The van der Waals surface area contributed by atoms with Crippen LogP contribution in [-0.4, -0.2) is 47.2 Å². The highest BCUT2D eigenvalue weighted by atomic mass is 16.5. The molecule has 2 heterocycles. The SMILES string of the molecule is COc1ccc(OCCNC(C)=O)cc1-c1cc2c(-c3ccc(C(=O)O)cc3)ccnc2[nH]1. The fourth-order valence-electron chi connectivity index (χ4n) is 3.60. The number of amides is 1. The zero-order valence-corrected chi connectivity index (χ0v) is 18.2. The van der Waals surface area contributed by atoms with Gasteiger partial charge in [0.25, 0.3) is 0 Å². The van der Waals surface area contributed by atoms with E-state index in [1.807, 2.05) is 30.3 Å². The second-order valence-corrected chi connectivity index (χ2v) is 7.38. The Kier molecular flexibility index (Phi) is 6.26. The third kappa shape index (κ3) is 4.79. The Bertz CT molecular complexity index is 1310. The Morgan fingerprint density at radius 2 is 1.85 bits per heavy atom. The van der Waals surface area contributed by atoms with Crippen LogP contribution in [0.1, 0.15) is 17.3 Å². The molecule has 0 spiro atoms. The summed E-state index contributed by atoms with van der Waals surface area (Å²) in [4.78, 5) is 30.0. The normalized spacial score (nSPS) is 10.7. The fraction of sp³-hybridized carbons (Fsp3) is 0.160. The average molecular weight is 445 g/mol. The van der Waals surface area contributed by atoms with Gasteiger partial charge in [0.1, 0.15) is 23.8 Å². The lowest BCUT2D eigenvalue weighted by molar-refractivity contribution is -0.119. The molecule has 0 bridgehead atoms. The molecule has 4 rings (SSSR count). The van der Waals surface area contributed by atoms with E-state index in [1.54, 1.807) is 37.6 Å². The van der Waals surface area contributed by atoms with E-state index in [-0.39, 0.29) is 11.5 Å². The van der Waals surface area contributed by atoms with Gasteiger partial charge in [-0.2, -0.15) is 0 Å². The number of rotatable bonds is 8. The minimum atomic E-state index is -0.961. The minimum absolute atomic E-state index is 0.104. The molecule has 3 N–H and O–H groups in total. The highest BCUT2D eigenvalue weighted by molar-refractivity contribution is 5.97. The second kappa shape index (κ2) is 9.44. The van der Waals surface area contributed by atoms with Crippen LogP contribution < -0.4 is 14.8 Å². The molecule has 0 saturated carbocycles. The van der Waals surface area contributed by atoms with E-state index in [9.17, 15) is 9.59 Å². The van der Waals surface area contributed by atoms with Gasteiger partial charge >= 0.3 is 5.97 Å². The third-order valence-electron chi connectivity index (χ3n) is 5.18. The molecule has 1 amide bonds. The fourth-order valence-corrected chi connectivity index (χ4v) is 3.60. The summed E-state index contributed by atoms with van der Waals surface area (Å²) in [6.45, 7) is 2.22. The number of H-pyrrole nitrogens is 1. The number of methoxy groups -OCH3 is 1. The monoisotopic (exact) mass is 445 g/mol. The molecule has 2 aromatic heterocycles. The minimum Gasteiger partial charge on any atom is -0.496 e. The van der Waals surface area contributed by atoms with Gasteiger partial charge in [0.15, 0.2) is 0 Å². The number of carbonyl (C=O) groups excluding carboxylic acids is 1. The van der Waals surface area contributed by atoms with Gasteiger partial charge in [-0.3, -0.25) is 4.79 Å². The standard InChI is InChI=1S/C25H23N3O5/c1-15(29)26-11-12-33-18-7-8-23(32-2)21(13-18)22-14-20-19(9-10-27-24(20)28-22)16-3-5-17(6-4-16)25(30)31/h3-10,13-14H,11-12H2,1-2H3,(H,26,29)(H,27,28)(H,30,31). The lowest BCUT2D eigenvalue weighted by Crippen LogP contribution is -2.25. The van der Waals surface area contributed by atoms with E-state index in [2.05, 4.69) is 15.3 Å². The first-order valence-electron chi connectivity index (χ1n) is 10.3. The van der Waals surface area contributed by atoms with E-state index < -0.39 is 5.97 Å². The van der Waals surface area contributed by atoms with Gasteiger partial charge < -0.3 is 24.9 Å². The number of carboxylic acid groups (broad SMARTS) is 1. The van der Waals surface area contributed by atoms with Crippen molar-refractivity contribution in [3.05, 3.63) is 66.4 Å². The van der Waals surface area contributed by atoms with Crippen molar-refractivity contribution in [3.63, 3.8) is 0 Å². The molecule has 0 aliphatic rings. The predicted molar refractivity (Wildman–Crippen MR) is 125 cm³/mol. The number of nitrogens with one attached hydrogen (secondary N) is 2. The number of carbonyl (C=O) groups is 2. The van der Waals surface area contributed by atoms with E-state index in [4.69, 9.17) is 14.6 Å². The van der Waals surface area contributed by atoms with Crippen molar-refractivity contribution < 1.29 is 24.2 Å². The summed E-state index contributed by atoms with van der Waals surface area (Å²) in [5.74, 6) is 0.250. The molecular weight excluding hydrogens is 422 g/mol. The number of hydrogen-bond donors (Lipinski definition) is 3. The summed E-state index contributed by atoms with van der Waals surface area (Å²) in [6, 6.07) is 16.1. The lowest BCUT2D eigenvalue weighted by Gasteiger charge is -2.11. The van der Waals surface area contributed by atoms with Gasteiger partial charge in [0, 0.05) is 24.1 Å². The quantitative estimate of drug-likeness (QED) is 0.352. The van der Waals surface area contributed by atoms with Crippen LogP contribution in [-0.2, 0) is 4.79 Å². The molecule has 0 unspecified atom stereocenters.